The summed E-state index contributed by atoms with van der Waals surface area (Å²) in [5.74, 6) is 0.741. The van der Waals surface area contributed by atoms with Gasteiger partial charge in [-0.05, 0) is 47.0 Å². The Morgan fingerprint density at radius 3 is 2.94 bits per heavy atom. The maximum atomic E-state index is 6.11. The van der Waals surface area contributed by atoms with Gasteiger partial charge >= 0.3 is 0 Å². The highest BCUT2D eigenvalue weighted by Gasteiger charge is 2.09. The molecule has 2 heterocycles. The second-order valence-corrected chi connectivity index (χ2v) is 4.77. The van der Waals surface area contributed by atoms with Gasteiger partial charge in [-0.1, -0.05) is 0 Å². The molecule has 0 saturated carbocycles. The third kappa shape index (κ3) is 3.31. The van der Waals surface area contributed by atoms with Gasteiger partial charge in [0.25, 0.3) is 0 Å². The molecule has 0 aromatic carbocycles. The molecule has 4 nitrogen and oxygen atoms in total. The van der Waals surface area contributed by atoms with Crippen LogP contribution in [0.25, 0.3) is 0 Å². The van der Waals surface area contributed by atoms with Crippen LogP contribution in [0.1, 0.15) is 23.1 Å². The van der Waals surface area contributed by atoms with Gasteiger partial charge in [0, 0.05) is 23.1 Å². The number of nitrogens with two attached hydrogens (primary N) is 1. The third-order valence-corrected chi connectivity index (χ3v) is 2.83. The first-order chi connectivity index (χ1) is 8.15. The van der Waals surface area contributed by atoms with Crippen molar-refractivity contribution < 1.29 is 0 Å². The van der Waals surface area contributed by atoms with Crippen LogP contribution in [0.15, 0.2) is 35.2 Å². The smallest absolute Gasteiger partial charge is 0.125 e. The van der Waals surface area contributed by atoms with Crippen LogP contribution in [-0.2, 0) is 6.42 Å². The normalized spacial score (nSPS) is 12.4. The van der Waals surface area contributed by atoms with Gasteiger partial charge in [0.15, 0.2) is 0 Å². The molecule has 2 aromatic heterocycles. The molecular weight excluding hydrogens is 280 g/mol. The molecule has 17 heavy (non-hydrogen) atoms. The van der Waals surface area contributed by atoms with Crippen molar-refractivity contribution >= 4 is 15.9 Å². The highest BCUT2D eigenvalue weighted by Crippen LogP contribution is 2.16. The van der Waals surface area contributed by atoms with E-state index in [0.29, 0.717) is 6.42 Å². The molecule has 88 valence electrons. The molecule has 1 unspecified atom stereocenters. The summed E-state index contributed by atoms with van der Waals surface area (Å²) in [6.07, 6.45) is 6.02. The van der Waals surface area contributed by atoms with Crippen molar-refractivity contribution in [1.29, 1.82) is 0 Å². The fraction of sp³-hybridized carbons (Fsp3) is 0.250. The van der Waals surface area contributed by atoms with Crippen LogP contribution in [-0.4, -0.2) is 15.0 Å². The molecule has 0 aliphatic rings. The highest BCUT2D eigenvalue weighted by atomic mass is 79.9. The maximum absolute atomic E-state index is 6.11. The predicted octanol–water partition coefficient (Wildman–Crippen LogP) is 2.19. The second kappa shape index (κ2) is 5.33. The molecule has 0 radical (unpaired) electrons. The van der Waals surface area contributed by atoms with Crippen LogP contribution in [0.5, 0.6) is 0 Å². The van der Waals surface area contributed by atoms with Crippen LogP contribution in [0.4, 0.5) is 0 Å². The number of nitrogens with zero attached hydrogens (tertiary/aromatic N) is 3. The predicted molar refractivity (Wildman–Crippen MR) is 69.3 cm³/mol. The molecule has 0 amide bonds. The molecule has 0 aliphatic carbocycles. The molecule has 0 aliphatic heterocycles. The Hall–Kier alpha value is -1.33. The summed E-state index contributed by atoms with van der Waals surface area (Å²) in [5, 5.41) is 0. The van der Waals surface area contributed by atoms with Gasteiger partial charge in [0.05, 0.1) is 11.7 Å². The maximum Gasteiger partial charge on any atom is 0.125 e. The van der Waals surface area contributed by atoms with E-state index in [-0.39, 0.29) is 6.04 Å². The Morgan fingerprint density at radius 1 is 1.41 bits per heavy atom. The van der Waals surface area contributed by atoms with Crippen LogP contribution in [0.3, 0.4) is 0 Å². The minimum absolute atomic E-state index is 0.132. The van der Waals surface area contributed by atoms with E-state index in [9.17, 15) is 0 Å². The zero-order valence-corrected chi connectivity index (χ0v) is 11.1. The molecule has 1 atom stereocenters. The van der Waals surface area contributed by atoms with Crippen molar-refractivity contribution in [1.82, 2.24) is 15.0 Å². The molecule has 2 N–H and O–H groups in total. The molecule has 5 heteroatoms. The molecule has 0 saturated heterocycles. The van der Waals surface area contributed by atoms with Gasteiger partial charge < -0.3 is 5.73 Å². The van der Waals surface area contributed by atoms with E-state index in [0.717, 1.165) is 21.6 Å². The van der Waals surface area contributed by atoms with Crippen molar-refractivity contribution in [2.75, 3.05) is 0 Å². The quantitative estimate of drug-likeness (QED) is 0.942. The Kier molecular flexibility index (Phi) is 3.81. The van der Waals surface area contributed by atoms with Crippen LogP contribution in [0, 0.1) is 6.92 Å². The Morgan fingerprint density at radius 2 is 2.24 bits per heavy atom. The van der Waals surface area contributed by atoms with Crippen molar-refractivity contribution in [2.24, 2.45) is 5.73 Å². The largest absolute Gasteiger partial charge is 0.322 e. The van der Waals surface area contributed by atoms with Crippen molar-refractivity contribution in [3.8, 4) is 0 Å². The first kappa shape index (κ1) is 12.1. The van der Waals surface area contributed by atoms with Crippen molar-refractivity contribution in [2.45, 2.75) is 19.4 Å². The lowest BCUT2D eigenvalue weighted by molar-refractivity contribution is 0.686. The third-order valence-electron chi connectivity index (χ3n) is 2.39. The van der Waals surface area contributed by atoms with E-state index in [4.69, 9.17) is 5.73 Å². The zero-order chi connectivity index (χ0) is 12.3. The second-order valence-electron chi connectivity index (χ2n) is 3.85. The fourth-order valence-corrected chi connectivity index (χ4v) is 2.02. The molecule has 0 bridgehead atoms. The number of hydrogen-bond acceptors (Lipinski definition) is 4. The number of aryl methyl sites for hydroxylation is 1. The number of pyridine rings is 1. The lowest BCUT2D eigenvalue weighted by Gasteiger charge is -2.11. The Balaban J connectivity index is 2.14. The van der Waals surface area contributed by atoms with Gasteiger partial charge in [-0.15, -0.1) is 0 Å². The van der Waals surface area contributed by atoms with E-state index in [2.05, 4.69) is 30.9 Å². The Labute approximate surface area is 108 Å². The van der Waals surface area contributed by atoms with Gasteiger partial charge in [0.2, 0.25) is 0 Å². The van der Waals surface area contributed by atoms with E-state index in [1.165, 1.54) is 0 Å². The topological polar surface area (TPSA) is 64.7 Å². The number of halogens is 1. The number of rotatable bonds is 3. The fourth-order valence-electron chi connectivity index (χ4n) is 1.61. The minimum Gasteiger partial charge on any atom is -0.322 e. The summed E-state index contributed by atoms with van der Waals surface area (Å²) >= 11 is 3.39. The summed E-state index contributed by atoms with van der Waals surface area (Å²) < 4.78 is 0.959. The summed E-state index contributed by atoms with van der Waals surface area (Å²) in [4.78, 5) is 12.5. The van der Waals surface area contributed by atoms with Gasteiger partial charge in [-0.25, -0.2) is 9.97 Å². The van der Waals surface area contributed by atoms with E-state index in [1.54, 1.807) is 12.4 Å². The SMILES string of the molecule is Cc1nccc(C(N)Cc2cncc(Br)c2)n1. The average Bonchev–Trinajstić information content (AvgIpc) is 2.29. The minimum atomic E-state index is -0.132. The van der Waals surface area contributed by atoms with Crippen molar-refractivity contribution in [3.63, 3.8) is 0 Å². The monoisotopic (exact) mass is 292 g/mol. The van der Waals surface area contributed by atoms with Crippen LogP contribution in [0.2, 0.25) is 0 Å². The molecule has 0 fully saturated rings. The first-order valence-electron chi connectivity index (χ1n) is 5.29. The van der Waals surface area contributed by atoms with Gasteiger partial charge in [0.1, 0.15) is 5.82 Å². The Bertz CT molecular complexity index is 515. The van der Waals surface area contributed by atoms with E-state index < -0.39 is 0 Å². The lowest BCUT2D eigenvalue weighted by Crippen LogP contribution is -2.15. The van der Waals surface area contributed by atoms with Crippen LogP contribution >= 0.6 is 15.9 Å². The molecule has 0 spiro atoms. The summed E-state index contributed by atoms with van der Waals surface area (Å²) in [6.45, 7) is 1.86. The summed E-state index contributed by atoms with van der Waals surface area (Å²) in [6, 6.07) is 3.73. The molecular formula is C12H13BrN4. The summed E-state index contributed by atoms with van der Waals surface area (Å²) in [7, 11) is 0. The zero-order valence-electron chi connectivity index (χ0n) is 9.47. The summed E-state index contributed by atoms with van der Waals surface area (Å²) in [5.41, 5.74) is 8.06. The van der Waals surface area contributed by atoms with Crippen molar-refractivity contribution in [3.05, 3.63) is 52.3 Å². The number of hydrogen-bond donors (Lipinski definition) is 1. The molecule has 2 rings (SSSR count). The highest BCUT2D eigenvalue weighted by molar-refractivity contribution is 9.10. The standard InChI is InChI=1S/C12H13BrN4/c1-8-16-3-2-12(17-8)11(14)5-9-4-10(13)7-15-6-9/h2-4,6-7,11H,5,14H2,1H3. The van der Waals surface area contributed by atoms with Crippen LogP contribution < -0.4 is 5.73 Å². The number of aromatic nitrogens is 3. The lowest BCUT2D eigenvalue weighted by atomic mass is 10.1. The van der Waals surface area contributed by atoms with E-state index in [1.807, 2.05) is 25.3 Å². The average molecular weight is 293 g/mol. The molecule has 2 aromatic rings. The first-order valence-corrected chi connectivity index (χ1v) is 6.09. The van der Waals surface area contributed by atoms with E-state index >= 15 is 0 Å². The van der Waals surface area contributed by atoms with Gasteiger partial charge in [-0.2, -0.15) is 0 Å². The van der Waals surface area contributed by atoms with Gasteiger partial charge in [-0.3, -0.25) is 4.98 Å².